The number of benzene rings is 1. The van der Waals surface area contributed by atoms with Gasteiger partial charge in [-0.1, -0.05) is 43.3 Å². The van der Waals surface area contributed by atoms with Gasteiger partial charge in [-0.25, -0.2) is 13.6 Å². The van der Waals surface area contributed by atoms with Crippen molar-refractivity contribution in [1.29, 1.82) is 0 Å². The third-order valence-corrected chi connectivity index (χ3v) is 7.92. The summed E-state index contributed by atoms with van der Waals surface area (Å²) < 4.78 is 37.9. The van der Waals surface area contributed by atoms with E-state index in [1.54, 1.807) is 38.5 Å². The number of rotatable bonds is 5. The molecule has 9 heteroatoms. The summed E-state index contributed by atoms with van der Waals surface area (Å²) in [5, 5.41) is 6.67. The summed E-state index contributed by atoms with van der Waals surface area (Å²) in [6.07, 6.45) is 5.20. The number of fused-ring (bicyclic) bond motifs is 1. The van der Waals surface area contributed by atoms with Gasteiger partial charge in [0.25, 0.3) is 11.8 Å². The lowest BCUT2D eigenvalue weighted by molar-refractivity contribution is -0.158. The van der Waals surface area contributed by atoms with Crippen molar-refractivity contribution in [3.05, 3.63) is 77.9 Å². The summed E-state index contributed by atoms with van der Waals surface area (Å²) in [6, 6.07) is 13.2. The Balaban J connectivity index is 1.46. The van der Waals surface area contributed by atoms with Crippen molar-refractivity contribution in [3.8, 4) is 11.1 Å². The van der Waals surface area contributed by atoms with Gasteiger partial charge >= 0.3 is 5.97 Å². The molecule has 1 saturated heterocycles. The van der Waals surface area contributed by atoms with Gasteiger partial charge in [0.15, 0.2) is 5.54 Å². The van der Waals surface area contributed by atoms with Crippen LogP contribution in [0.25, 0.3) is 17.2 Å². The smallest absolute Gasteiger partial charge is 0.332 e. The summed E-state index contributed by atoms with van der Waals surface area (Å²) in [4.78, 5) is 30.6. The Kier molecular flexibility index (Phi) is 6.41. The van der Waals surface area contributed by atoms with Crippen molar-refractivity contribution in [2.45, 2.75) is 44.8 Å². The number of nitrogens with one attached hydrogen (secondary N) is 1. The molecule has 1 saturated carbocycles. The maximum absolute atomic E-state index is 15.5. The fourth-order valence-electron chi connectivity index (χ4n) is 5.88. The van der Waals surface area contributed by atoms with E-state index in [4.69, 9.17) is 4.74 Å². The number of hydrogen-bond acceptors (Lipinski definition) is 5. The van der Waals surface area contributed by atoms with Crippen LogP contribution in [0.4, 0.5) is 8.78 Å². The zero-order valence-corrected chi connectivity index (χ0v) is 21.7. The molecule has 3 heterocycles. The molecule has 198 valence electrons. The summed E-state index contributed by atoms with van der Waals surface area (Å²) in [5.74, 6) is -7.31. The molecule has 5 atom stereocenters. The molecular weight excluding hydrogens is 490 g/mol. The predicted molar refractivity (Wildman–Crippen MR) is 138 cm³/mol. The first kappa shape index (κ1) is 25.8. The standard InChI is InChI=1S/C29H30F2N4O3/c1-17-7-5-6-8-22(17)20-9-10-21(32-15-20)11-12-23-18(2)29(30,31)16-28(25(23)19(3)38-27(28)37)33-26(36)24-13-14-35(4)34-24/h5-15,18-19,23,25H,16H2,1-4H3,(H,33,36)/b12-11+/t18-,19+,23-,25-,28-/m0/s1. The topological polar surface area (TPSA) is 86.1 Å². The van der Waals surface area contributed by atoms with E-state index < -0.39 is 53.6 Å². The number of allylic oxidation sites excluding steroid dienone is 1. The van der Waals surface area contributed by atoms with Crippen LogP contribution in [-0.4, -0.2) is 44.2 Å². The van der Waals surface area contributed by atoms with Crippen molar-refractivity contribution in [3.63, 3.8) is 0 Å². The fraction of sp³-hybridized carbons (Fsp3) is 0.379. The Morgan fingerprint density at radius 1 is 1.18 bits per heavy atom. The quantitative estimate of drug-likeness (QED) is 0.488. The molecule has 0 radical (unpaired) electrons. The highest BCUT2D eigenvalue weighted by Gasteiger charge is 2.68. The molecule has 38 heavy (non-hydrogen) atoms. The zero-order valence-electron chi connectivity index (χ0n) is 21.7. The molecule has 0 spiro atoms. The molecule has 1 aliphatic heterocycles. The SMILES string of the molecule is Cc1ccccc1-c1ccc(/C=C/[C@@H]2[C@@H]3[C@@H](C)OC(=O)[C@]3(NC(=O)c3ccn(C)n3)CC(F)(F)[C@H]2C)nc1. The Morgan fingerprint density at radius 2 is 1.95 bits per heavy atom. The van der Waals surface area contributed by atoms with Crippen LogP contribution in [-0.2, 0) is 16.6 Å². The highest BCUT2D eigenvalue weighted by molar-refractivity contribution is 5.97. The fourth-order valence-corrected chi connectivity index (χ4v) is 5.88. The van der Waals surface area contributed by atoms with Crippen molar-refractivity contribution >= 4 is 18.0 Å². The van der Waals surface area contributed by atoms with E-state index in [1.807, 2.05) is 43.3 Å². The lowest BCUT2D eigenvalue weighted by Crippen LogP contribution is -2.66. The average molecular weight is 521 g/mol. The molecule has 1 amide bonds. The van der Waals surface area contributed by atoms with Crippen molar-refractivity contribution in [2.24, 2.45) is 24.8 Å². The third kappa shape index (κ3) is 4.40. The minimum Gasteiger partial charge on any atom is -0.460 e. The Labute approximate surface area is 219 Å². The third-order valence-electron chi connectivity index (χ3n) is 7.92. The average Bonchev–Trinajstić information content (AvgIpc) is 3.41. The largest absolute Gasteiger partial charge is 0.460 e. The van der Waals surface area contributed by atoms with Gasteiger partial charge in [-0.05, 0) is 49.1 Å². The first-order chi connectivity index (χ1) is 18.0. The number of amides is 1. The van der Waals surface area contributed by atoms with E-state index in [2.05, 4.69) is 15.4 Å². The Hall–Kier alpha value is -3.88. The number of cyclic esters (lactones) is 1. The first-order valence-electron chi connectivity index (χ1n) is 12.6. The number of halogens is 2. The van der Waals surface area contributed by atoms with Crippen molar-refractivity contribution in [1.82, 2.24) is 20.1 Å². The Bertz CT molecular complexity index is 1400. The molecule has 0 bridgehead atoms. The van der Waals surface area contributed by atoms with Crippen LogP contribution >= 0.6 is 0 Å². The molecule has 2 fully saturated rings. The van der Waals surface area contributed by atoms with E-state index in [-0.39, 0.29) is 5.69 Å². The maximum Gasteiger partial charge on any atom is 0.332 e. The predicted octanol–water partition coefficient (Wildman–Crippen LogP) is 4.83. The molecule has 5 rings (SSSR count). The van der Waals surface area contributed by atoms with Gasteiger partial charge in [0, 0.05) is 43.3 Å². The molecular formula is C29H30F2N4O3. The number of aromatic nitrogens is 3. The van der Waals surface area contributed by atoms with Gasteiger partial charge in [0.2, 0.25) is 0 Å². The van der Waals surface area contributed by atoms with Crippen LogP contribution < -0.4 is 5.32 Å². The number of carbonyl (C=O) groups excluding carboxylic acids is 2. The highest BCUT2D eigenvalue weighted by atomic mass is 19.3. The maximum atomic E-state index is 15.5. The Morgan fingerprint density at radius 3 is 2.61 bits per heavy atom. The van der Waals surface area contributed by atoms with E-state index in [1.165, 1.54) is 17.7 Å². The summed E-state index contributed by atoms with van der Waals surface area (Å²) in [7, 11) is 1.64. The van der Waals surface area contributed by atoms with E-state index in [0.717, 1.165) is 16.7 Å². The second-order valence-electron chi connectivity index (χ2n) is 10.4. The van der Waals surface area contributed by atoms with Crippen molar-refractivity contribution < 1.29 is 23.1 Å². The van der Waals surface area contributed by atoms with Crippen LogP contribution in [0.1, 0.15) is 42.0 Å². The summed E-state index contributed by atoms with van der Waals surface area (Å²) in [5.41, 5.74) is 1.92. The minimum atomic E-state index is -3.23. The molecule has 1 N–H and O–H groups in total. The number of ether oxygens (including phenoxy) is 1. The summed E-state index contributed by atoms with van der Waals surface area (Å²) in [6.45, 7) is 5.19. The molecule has 2 aromatic heterocycles. The lowest BCUT2D eigenvalue weighted by atomic mass is 9.60. The van der Waals surface area contributed by atoms with Gasteiger partial charge in [0.1, 0.15) is 11.8 Å². The van der Waals surface area contributed by atoms with Crippen molar-refractivity contribution in [2.75, 3.05) is 0 Å². The lowest BCUT2D eigenvalue weighted by Gasteiger charge is -2.47. The zero-order chi connectivity index (χ0) is 27.2. The second kappa shape index (κ2) is 9.45. The van der Waals surface area contributed by atoms with Crippen LogP contribution in [0.15, 0.2) is 60.9 Å². The number of alkyl halides is 2. The summed E-state index contributed by atoms with van der Waals surface area (Å²) >= 11 is 0. The van der Waals surface area contributed by atoms with E-state index >= 15 is 8.78 Å². The van der Waals surface area contributed by atoms with Gasteiger partial charge in [-0.3, -0.25) is 14.5 Å². The number of carbonyl (C=O) groups is 2. The normalized spacial score (nSPS) is 28.2. The van der Waals surface area contributed by atoms with E-state index in [9.17, 15) is 9.59 Å². The monoisotopic (exact) mass is 520 g/mol. The van der Waals surface area contributed by atoms with Crippen LogP contribution in [0.2, 0.25) is 0 Å². The molecule has 2 aliphatic rings. The number of hydrogen-bond donors (Lipinski definition) is 1. The van der Waals surface area contributed by atoms with E-state index in [0.29, 0.717) is 5.69 Å². The highest BCUT2D eigenvalue weighted by Crippen LogP contribution is 2.55. The number of nitrogens with zero attached hydrogens (tertiary/aromatic N) is 3. The number of pyridine rings is 1. The molecule has 7 nitrogen and oxygen atoms in total. The second-order valence-corrected chi connectivity index (χ2v) is 10.4. The molecule has 0 unspecified atom stereocenters. The molecule has 3 aromatic rings. The number of aryl methyl sites for hydroxylation is 2. The molecule has 1 aromatic carbocycles. The minimum absolute atomic E-state index is 0.0416. The number of esters is 1. The van der Waals surface area contributed by atoms with Crippen LogP contribution in [0.5, 0.6) is 0 Å². The van der Waals surface area contributed by atoms with Gasteiger partial charge < -0.3 is 10.1 Å². The van der Waals surface area contributed by atoms with Crippen LogP contribution in [0, 0.1) is 24.7 Å². The molecule has 1 aliphatic carbocycles. The first-order valence-corrected chi connectivity index (χ1v) is 12.6. The van der Waals surface area contributed by atoms with Gasteiger partial charge in [-0.15, -0.1) is 0 Å². The van der Waals surface area contributed by atoms with Gasteiger partial charge in [-0.2, -0.15) is 5.10 Å². The van der Waals surface area contributed by atoms with Gasteiger partial charge in [0.05, 0.1) is 5.69 Å². The van der Waals surface area contributed by atoms with Crippen LogP contribution in [0.3, 0.4) is 0 Å².